The highest BCUT2D eigenvalue weighted by atomic mass is 15.2. The number of aryl methyl sites for hydroxylation is 1. The molecule has 0 amide bonds. The van der Waals surface area contributed by atoms with Crippen LogP contribution in [0.5, 0.6) is 0 Å². The zero-order chi connectivity index (χ0) is 13.9. The first-order valence-corrected chi connectivity index (χ1v) is 7.28. The smallest absolute Gasteiger partial charge is 0.131 e. The normalized spacial score (nSPS) is 16.4. The summed E-state index contributed by atoms with van der Waals surface area (Å²) in [5.74, 6) is 1.12. The molecule has 3 rings (SSSR count). The first kappa shape index (κ1) is 13.1. The van der Waals surface area contributed by atoms with Gasteiger partial charge in [0.05, 0.1) is 6.04 Å². The number of aromatic nitrogens is 1. The summed E-state index contributed by atoms with van der Waals surface area (Å²) < 4.78 is 0. The number of hydrogen-bond acceptors (Lipinski definition) is 3. The van der Waals surface area contributed by atoms with Crippen molar-refractivity contribution in [2.45, 2.75) is 25.8 Å². The van der Waals surface area contributed by atoms with Crippen molar-refractivity contribution in [1.82, 2.24) is 4.98 Å². The van der Waals surface area contributed by atoms with E-state index < -0.39 is 0 Å². The fourth-order valence-corrected chi connectivity index (χ4v) is 2.87. The average Bonchev–Trinajstić information content (AvgIpc) is 3.01. The molecule has 2 aromatic rings. The Bertz CT molecular complexity index is 574. The van der Waals surface area contributed by atoms with E-state index in [1.807, 2.05) is 24.4 Å². The van der Waals surface area contributed by atoms with Crippen LogP contribution in [0.2, 0.25) is 0 Å². The standard InChI is InChI=1S/C17H21N3/c1-13-11-15(16(18)14-7-3-2-4-8-14)12-19-17(13)20-9-5-6-10-20/h2-4,7-8,11-12,16H,5-6,9-10,18H2,1H3/t16-/m0/s1. The number of hydrogen-bond donors (Lipinski definition) is 1. The van der Waals surface area contributed by atoms with Crippen LogP contribution in [-0.2, 0) is 0 Å². The number of benzene rings is 1. The molecule has 1 fully saturated rings. The highest BCUT2D eigenvalue weighted by Crippen LogP contribution is 2.26. The average molecular weight is 267 g/mol. The fraction of sp³-hybridized carbons (Fsp3) is 0.353. The molecule has 0 unspecified atom stereocenters. The van der Waals surface area contributed by atoms with E-state index in [-0.39, 0.29) is 6.04 Å². The molecular formula is C17H21N3. The fourth-order valence-electron chi connectivity index (χ4n) is 2.87. The van der Waals surface area contributed by atoms with Crippen molar-refractivity contribution in [3.8, 4) is 0 Å². The Morgan fingerprint density at radius 2 is 1.80 bits per heavy atom. The summed E-state index contributed by atoms with van der Waals surface area (Å²) in [4.78, 5) is 7.02. The van der Waals surface area contributed by atoms with E-state index in [4.69, 9.17) is 5.73 Å². The van der Waals surface area contributed by atoms with Crippen molar-refractivity contribution >= 4 is 5.82 Å². The Morgan fingerprint density at radius 1 is 1.10 bits per heavy atom. The summed E-state index contributed by atoms with van der Waals surface area (Å²) in [6, 6.07) is 12.3. The molecule has 3 nitrogen and oxygen atoms in total. The SMILES string of the molecule is Cc1cc([C@@H](N)c2ccccc2)cnc1N1CCCC1. The molecule has 2 N–H and O–H groups in total. The lowest BCUT2D eigenvalue weighted by atomic mass is 10.00. The molecule has 1 aliphatic rings. The van der Waals surface area contributed by atoms with E-state index >= 15 is 0 Å². The van der Waals surface area contributed by atoms with Gasteiger partial charge in [-0.25, -0.2) is 4.98 Å². The Kier molecular flexibility index (Phi) is 3.70. The third kappa shape index (κ3) is 2.54. The minimum atomic E-state index is -0.102. The molecule has 1 aromatic heterocycles. The van der Waals surface area contributed by atoms with Crippen LogP contribution in [0.1, 0.15) is 35.6 Å². The Labute approximate surface area is 120 Å². The maximum absolute atomic E-state index is 6.34. The van der Waals surface area contributed by atoms with Gasteiger partial charge in [0.1, 0.15) is 5.82 Å². The van der Waals surface area contributed by atoms with Crippen molar-refractivity contribution in [2.24, 2.45) is 5.73 Å². The largest absolute Gasteiger partial charge is 0.356 e. The molecule has 3 heteroatoms. The van der Waals surface area contributed by atoms with Crippen LogP contribution in [-0.4, -0.2) is 18.1 Å². The van der Waals surface area contributed by atoms with Gasteiger partial charge in [0.2, 0.25) is 0 Å². The molecule has 1 saturated heterocycles. The van der Waals surface area contributed by atoms with Gasteiger partial charge in [0.25, 0.3) is 0 Å². The predicted octanol–water partition coefficient (Wildman–Crippen LogP) is 3.04. The molecule has 2 heterocycles. The second-order valence-corrected chi connectivity index (χ2v) is 5.49. The van der Waals surface area contributed by atoms with Crippen LogP contribution in [0.15, 0.2) is 42.6 Å². The molecule has 20 heavy (non-hydrogen) atoms. The van der Waals surface area contributed by atoms with Crippen molar-refractivity contribution in [1.29, 1.82) is 0 Å². The zero-order valence-electron chi connectivity index (χ0n) is 11.9. The molecule has 1 aromatic carbocycles. The summed E-state index contributed by atoms with van der Waals surface area (Å²) in [7, 11) is 0. The van der Waals surface area contributed by atoms with Gasteiger partial charge in [-0.2, -0.15) is 0 Å². The van der Waals surface area contributed by atoms with Crippen LogP contribution in [0.4, 0.5) is 5.82 Å². The summed E-state index contributed by atoms with van der Waals surface area (Å²) in [6.07, 6.45) is 4.47. The van der Waals surface area contributed by atoms with E-state index in [9.17, 15) is 0 Å². The van der Waals surface area contributed by atoms with Gasteiger partial charge >= 0.3 is 0 Å². The molecule has 1 atom stereocenters. The minimum Gasteiger partial charge on any atom is -0.356 e. The zero-order valence-corrected chi connectivity index (χ0v) is 11.9. The van der Waals surface area contributed by atoms with Crippen LogP contribution in [0, 0.1) is 6.92 Å². The second-order valence-electron chi connectivity index (χ2n) is 5.49. The first-order valence-electron chi connectivity index (χ1n) is 7.28. The van der Waals surface area contributed by atoms with Gasteiger partial charge in [-0.3, -0.25) is 0 Å². The van der Waals surface area contributed by atoms with Crippen molar-refractivity contribution in [3.63, 3.8) is 0 Å². The monoisotopic (exact) mass is 267 g/mol. The van der Waals surface area contributed by atoms with E-state index in [0.717, 1.165) is 30.0 Å². The number of nitrogens with two attached hydrogens (primary N) is 1. The highest BCUT2D eigenvalue weighted by molar-refractivity contribution is 5.49. The van der Waals surface area contributed by atoms with Gasteiger partial charge in [0.15, 0.2) is 0 Å². The van der Waals surface area contributed by atoms with Crippen LogP contribution in [0.3, 0.4) is 0 Å². The Balaban J connectivity index is 1.86. The summed E-state index contributed by atoms with van der Waals surface area (Å²) in [5, 5.41) is 0. The Hall–Kier alpha value is -1.87. The number of anilines is 1. The van der Waals surface area contributed by atoms with Crippen LogP contribution in [0.25, 0.3) is 0 Å². The predicted molar refractivity (Wildman–Crippen MR) is 82.9 cm³/mol. The highest BCUT2D eigenvalue weighted by Gasteiger charge is 2.17. The summed E-state index contributed by atoms with van der Waals surface area (Å²) in [6.45, 7) is 4.37. The van der Waals surface area contributed by atoms with E-state index in [2.05, 4.69) is 35.0 Å². The maximum atomic E-state index is 6.34. The number of nitrogens with zero attached hydrogens (tertiary/aromatic N) is 2. The third-order valence-electron chi connectivity index (χ3n) is 4.00. The Morgan fingerprint density at radius 3 is 2.45 bits per heavy atom. The lowest BCUT2D eigenvalue weighted by Gasteiger charge is -2.20. The van der Waals surface area contributed by atoms with E-state index in [1.54, 1.807) is 0 Å². The molecule has 104 valence electrons. The van der Waals surface area contributed by atoms with Crippen molar-refractivity contribution in [2.75, 3.05) is 18.0 Å². The third-order valence-corrected chi connectivity index (χ3v) is 4.00. The van der Waals surface area contributed by atoms with Gasteiger partial charge < -0.3 is 10.6 Å². The molecule has 0 radical (unpaired) electrons. The molecular weight excluding hydrogens is 246 g/mol. The molecule has 0 saturated carbocycles. The van der Waals surface area contributed by atoms with Crippen LogP contribution >= 0.6 is 0 Å². The topological polar surface area (TPSA) is 42.1 Å². The molecule has 1 aliphatic heterocycles. The number of pyridine rings is 1. The van der Waals surface area contributed by atoms with Gasteiger partial charge in [-0.15, -0.1) is 0 Å². The lowest BCUT2D eigenvalue weighted by molar-refractivity contribution is 0.851. The second kappa shape index (κ2) is 5.63. The molecule has 0 bridgehead atoms. The van der Waals surface area contributed by atoms with E-state index in [0.29, 0.717) is 0 Å². The number of rotatable bonds is 3. The lowest BCUT2D eigenvalue weighted by Crippen LogP contribution is -2.21. The summed E-state index contributed by atoms with van der Waals surface area (Å²) >= 11 is 0. The molecule has 0 aliphatic carbocycles. The van der Waals surface area contributed by atoms with E-state index in [1.165, 1.54) is 18.4 Å². The van der Waals surface area contributed by atoms with Crippen LogP contribution < -0.4 is 10.6 Å². The van der Waals surface area contributed by atoms with Gasteiger partial charge in [0, 0.05) is 19.3 Å². The minimum absolute atomic E-state index is 0.102. The van der Waals surface area contributed by atoms with Crippen molar-refractivity contribution in [3.05, 3.63) is 59.3 Å². The van der Waals surface area contributed by atoms with Gasteiger partial charge in [-0.1, -0.05) is 30.3 Å². The van der Waals surface area contributed by atoms with Crippen molar-refractivity contribution < 1.29 is 0 Å². The first-order chi connectivity index (χ1) is 9.75. The summed E-state index contributed by atoms with van der Waals surface area (Å²) in [5.41, 5.74) is 9.76. The quantitative estimate of drug-likeness (QED) is 0.929. The maximum Gasteiger partial charge on any atom is 0.131 e. The van der Waals surface area contributed by atoms with Gasteiger partial charge in [-0.05, 0) is 42.5 Å². The molecule has 0 spiro atoms.